The van der Waals surface area contributed by atoms with Crippen LogP contribution in [0.2, 0.25) is 0 Å². The van der Waals surface area contributed by atoms with Crippen LogP contribution in [0.3, 0.4) is 0 Å². The number of nitrogens with two attached hydrogens (primary N) is 1. The smallest absolute Gasteiger partial charge is 0.260 e. The van der Waals surface area contributed by atoms with Crippen molar-refractivity contribution >= 4 is 5.69 Å². The zero-order chi connectivity index (χ0) is 15.0. The molecule has 2 heterocycles. The number of pyridine rings is 1. The number of anilines is 1. The van der Waals surface area contributed by atoms with Crippen molar-refractivity contribution < 1.29 is 8.91 Å². The zero-order valence-electron chi connectivity index (χ0n) is 11.6. The lowest BCUT2D eigenvalue weighted by molar-refractivity contribution is 0.432. The van der Waals surface area contributed by atoms with Crippen molar-refractivity contribution in [3.8, 4) is 22.8 Å². The van der Waals surface area contributed by atoms with Crippen LogP contribution in [0.5, 0.6) is 0 Å². The highest BCUT2D eigenvalue weighted by atomic mass is 19.1. The maximum Gasteiger partial charge on any atom is 0.260 e. The Morgan fingerprint density at radius 3 is 2.52 bits per heavy atom. The van der Waals surface area contributed by atoms with Gasteiger partial charge in [-0.1, -0.05) is 11.2 Å². The third-order valence-electron chi connectivity index (χ3n) is 3.05. The summed E-state index contributed by atoms with van der Waals surface area (Å²) in [5.74, 6) is 0.0965. The van der Waals surface area contributed by atoms with E-state index in [0.29, 0.717) is 11.4 Å². The van der Waals surface area contributed by atoms with Crippen molar-refractivity contribution in [3.05, 3.63) is 47.5 Å². The summed E-state index contributed by atoms with van der Waals surface area (Å²) >= 11 is 0. The summed E-state index contributed by atoms with van der Waals surface area (Å²) in [6.45, 7) is 3.78. The summed E-state index contributed by atoms with van der Waals surface area (Å²) in [5, 5.41) is 3.92. The standard InChI is InChI=1S/C15H13FN4O/c1-8-6-10(7-9(2)18-8)14-19-15(21-20-14)11-4-3-5-12(16)13(11)17/h3-7H,17H2,1-2H3. The van der Waals surface area contributed by atoms with Crippen LogP contribution in [0.1, 0.15) is 11.4 Å². The predicted molar refractivity (Wildman–Crippen MR) is 76.8 cm³/mol. The van der Waals surface area contributed by atoms with Crippen LogP contribution < -0.4 is 5.73 Å². The zero-order valence-corrected chi connectivity index (χ0v) is 11.6. The van der Waals surface area contributed by atoms with Crippen LogP contribution in [-0.2, 0) is 0 Å². The monoisotopic (exact) mass is 284 g/mol. The Morgan fingerprint density at radius 2 is 1.81 bits per heavy atom. The molecule has 6 heteroatoms. The first-order valence-corrected chi connectivity index (χ1v) is 6.38. The highest BCUT2D eigenvalue weighted by Gasteiger charge is 2.15. The molecule has 0 aliphatic rings. The van der Waals surface area contributed by atoms with E-state index >= 15 is 0 Å². The first-order valence-electron chi connectivity index (χ1n) is 6.38. The number of benzene rings is 1. The summed E-state index contributed by atoms with van der Waals surface area (Å²) in [7, 11) is 0. The van der Waals surface area contributed by atoms with Gasteiger partial charge in [0, 0.05) is 17.0 Å². The second-order valence-electron chi connectivity index (χ2n) is 4.76. The molecule has 0 amide bonds. The molecular weight excluding hydrogens is 271 g/mol. The first-order chi connectivity index (χ1) is 10.0. The fourth-order valence-electron chi connectivity index (χ4n) is 2.14. The molecule has 2 aromatic heterocycles. The van der Waals surface area contributed by atoms with Crippen LogP contribution in [0, 0.1) is 19.7 Å². The highest BCUT2D eigenvalue weighted by Crippen LogP contribution is 2.28. The Morgan fingerprint density at radius 1 is 1.10 bits per heavy atom. The number of rotatable bonds is 2. The van der Waals surface area contributed by atoms with E-state index in [1.54, 1.807) is 12.1 Å². The van der Waals surface area contributed by atoms with Crippen LogP contribution in [0.4, 0.5) is 10.1 Å². The summed E-state index contributed by atoms with van der Waals surface area (Å²) < 4.78 is 18.7. The molecule has 0 bridgehead atoms. The van der Waals surface area contributed by atoms with Gasteiger partial charge in [0.2, 0.25) is 5.82 Å². The molecule has 0 radical (unpaired) electrons. The Balaban J connectivity index is 2.06. The van der Waals surface area contributed by atoms with Gasteiger partial charge in [-0.3, -0.25) is 4.98 Å². The maximum atomic E-state index is 13.5. The Labute approximate surface area is 120 Å². The number of aryl methyl sites for hydroxylation is 2. The van der Waals surface area contributed by atoms with Gasteiger partial charge in [-0.25, -0.2) is 4.39 Å². The van der Waals surface area contributed by atoms with Crippen LogP contribution >= 0.6 is 0 Å². The molecule has 0 atom stereocenters. The summed E-state index contributed by atoms with van der Waals surface area (Å²) in [4.78, 5) is 8.58. The van der Waals surface area contributed by atoms with Gasteiger partial charge < -0.3 is 10.3 Å². The van der Waals surface area contributed by atoms with Crippen molar-refractivity contribution in [2.24, 2.45) is 0 Å². The number of halogens is 1. The van der Waals surface area contributed by atoms with E-state index in [1.807, 2.05) is 26.0 Å². The number of aromatic nitrogens is 3. The molecule has 3 rings (SSSR count). The first kappa shape index (κ1) is 13.2. The Kier molecular flexibility index (Phi) is 3.13. The highest BCUT2D eigenvalue weighted by molar-refractivity contribution is 5.71. The van der Waals surface area contributed by atoms with Crippen LogP contribution in [0.15, 0.2) is 34.9 Å². The maximum absolute atomic E-state index is 13.5. The number of nitrogen functional groups attached to an aromatic ring is 1. The van der Waals surface area contributed by atoms with Crippen molar-refractivity contribution in [1.82, 2.24) is 15.1 Å². The molecule has 1 aromatic carbocycles. The second kappa shape index (κ2) is 4.97. The minimum Gasteiger partial charge on any atom is -0.396 e. The van der Waals surface area contributed by atoms with E-state index in [-0.39, 0.29) is 11.6 Å². The molecule has 0 fully saturated rings. The molecule has 106 valence electrons. The fraction of sp³-hybridized carbons (Fsp3) is 0.133. The van der Waals surface area contributed by atoms with Gasteiger partial charge in [0.15, 0.2) is 0 Å². The molecule has 0 unspecified atom stereocenters. The second-order valence-corrected chi connectivity index (χ2v) is 4.76. The third-order valence-corrected chi connectivity index (χ3v) is 3.05. The molecule has 21 heavy (non-hydrogen) atoms. The average Bonchev–Trinajstić information content (AvgIpc) is 2.90. The molecule has 0 saturated carbocycles. The lowest BCUT2D eigenvalue weighted by Crippen LogP contribution is -1.94. The van der Waals surface area contributed by atoms with Crippen molar-refractivity contribution in [2.75, 3.05) is 5.73 Å². The quantitative estimate of drug-likeness (QED) is 0.731. The van der Waals surface area contributed by atoms with Gasteiger partial charge in [-0.15, -0.1) is 0 Å². The van der Waals surface area contributed by atoms with Gasteiger partial charge in [0.05, 0.1) is 11.3 Å². The minimum atomic E-state index is -0.511. The lowest BCUT2D eigenvalue weighted by Gasteiger charge is -2.01. The van der Waals surface area contributed by atoms with Crippen molar-refractivity contribution in [2.45, 2.75) is 13.8 Å². The van der Waals surface area contributed by atoms with E-state index in [4.69, 9.17) is 10.3 Å². The van der Waals surface area contributed by atoms with Crippen LogP contribution in [0.25, 0.3) is 22.8 Å². The molecule has 2 N–H and O–H groups in total. The number of nitrogens with zero attached hydrogens (tertiary/aromatic N) is 3. The molecule has 5 nitrogen and oxygen atoms in total. The van der Waals surface area contributed by atoms with Gasteiger partial charge >= 0.3 is 0 Å². The molecular formula is C15H13FN4O. The van der Waals surface area contributed by atoms with Gasteiger partial charge in [-0.05, 0) is 38.1 Å². The molecule has 0 spiro atoms. The summed E-state index contributed by atoms with van der Waals surface area (Å²) in [5.41, 5.74) is 8.60. The fourth-order valence-corrected chi connectivity index (χ4v) is 2.14. The summed E-state index contributed by atoms with van der Waals surface area (Å²) in [6.07, 6.45) is 0. The van der Waals surface area contributed by atoms with Crippen molar-refractivity contribution in [1.29, 1.82) is 0 Å². The van der Waals surface area contributed by atoms with E-state index in [0.717, 1.165) is 17.0 Å². The SMILES string of the molecule is Cc1cc(-c2noc(-c3cccc(F)c3N)n2)cc(C)n1. The third kappa shape index (κ3) is 2.47. The van der Waals surface area contributed by atoms with Crippen LogP contribution in [-0.4, -0.2) is 15.1 Å². The number of para-hydroxylation sites is 1. The Bertz CT molecular complexity index is 793. The number of hydrogen-bond acceptors (Lipinski definition) is 5. The molecule has 0 aliphatic carbocycles. The summed E-state index contributed by atoms with van der Waals surface area (Å²) in [6, 6.07) is 8.18. The van der Waals surface area contributed by atoms with E-state index < -0.39 is 5.82 Å². The van der Waals surface area contributed by atoms with E-state index in [1.165, 1.54) is 6.07 Å². The van der Waals surface area contributed by atoms with Gasteiger partial charge in [0.1, 0.15) is 5.82 Å². The average molecular weight is 284 g/mol. The molecule has 3 aromatic rings. The van der Waals surface area contributed by atoms with Gasteiger partial charge in [-0.2, -0.15) is 4.98 Å². The van der Waals surface area contributed by atoms with E-state index in [2.05, 4.69) is 15.1 Å². The molecule has 0 saturated heterocycles. The predicted octanol–water partition coefficient (Wildman–Crippen LogP) is 3.14. The topological polar surface area (TPSA) is 77.8 Å². The van der Waals surface area contributed by atoms with Crippen molar-refractivity contribution in [3.63, 3.8) is 0 Å². The lowest BCUT2D eigenvalue weighted by atomic mass is 10.1. The number of hydrogen-bond donors (Lipinski definition) is 1. The normalized spacial score (nSPS) is 10.8. The molecule has 0 aliphatic heterocycles. The van der Waals surface area contributed by atoms with Gasteiger partial charge in [0.25, 0.3) is 5.89 Å². The minimum absolute atomic E-state index is 0.00482. The largest absolute Gasteiger partial charge is 0.396 e. The Hall–Kier alpha value is -2.76. The van der Waals surface area contributed by atoms with E-state index in [9.17, 15) is 4.39 Å².